The average molecular weight is 313 g/mol. The Bertz CT molecular complexity index is 533. The summed E-state index contributed by atoms with van der Waals surface area (Å²) >= 11 is 5.99. The molecule has 1 aliphatic rings. The number of aliphatic carboxylic acids is 1. The van der Waals surface area contributed by atoms with Crippen LogP contribution in [0.4, 0.5) is 0 Å². The number of hydrogen-bond acceptors (Lipinski definition) is 2. The molecule has 0 radical (unpaired) electrons. The van der Waals surface area contributed by atoms with Crippen molar-refractivity contribution in [2.45, 2.75) is 57.5 Å². The first kappa shape index (κ1) is 15.9. The summed E-state index contributed by atoms with van der Waals surface area (Å²) in [7, 11) is 0. The molecule has 1 aromatic rings. The van der Waals surface area contributed by atoms with Gasteiger partial charge in [-0.05, 0) is 25.3 Å². The lowest BCUT2D eigenvalue weighted by Gasteiger charge is -2.28. The zero-order valence-electron chi connectivity index (χ0n) is 12.2. The second-order valence-corrected chi connectivity index (χ2v) is 6.19. The van der Waals surface area contributed by atoms with E-state index >= 15 is 0 Å². The normalized spacial score (nSPS) is 16.9. The van der Waals surface area contributed by atoms with E-state index in [4.69, 9.17) is 16.7 Å². The third-order valence-corrected chi connectivity index (χ3v) is 4.20. The summed E-state index contributed by atoms with van der Waals surface area (Å²) in [4.78, 5) is 23.6. The van der Waals surface area contributed by atoms with E-state index in [0.717, 1.165) is 19.3 Å². The van der Waals surface area contributed by atoms with Gasteiger partial charge < -0.3 is 15.0 Å². The van der Waals surface area contributed by atoms with Crippen molar-refractivity contribution in [1.29, 1.82) is 0 Å². The SMILES string of the molecule is CCCn1cc(Cl)cc1C(=O)NC1(CC(=O)O)CCCC1. The Hall–Kier alpha value is -1.49. The molecule has 2 N–H and O–H groups in total. The van der Waals surface area contributed by atoms with Crippen LogP contribution >= 0.6 is 11.6 Å². The van der Waals surface area contributed by atoms with Gasteiger partial charge in [-0.1, -0.05) is 31.4 Å². The van der Waals surface area contributed by atoms with E-state index < -0.39 is 11.5 Å². The summed E-state index contributed by atoms with van der Waals surface area (Å²) in [5.41, 5.74) is -0.116. The lowest BCUT2D eigenvalue weighted by Crippen LogP contribution is -2.48. The molecular weight excluding hydrogens is 292 g/mol. The lowest BCUT2D eigenvalue weighted by atomic mass is 9.93. The van der Waals surface area contributed by atoms with Gasteiger partial charge in [0.15, 0.2) is 0 Å². The molecule has 6 heteroatoms. The van der Waals surface area contributed by atoms with Crippen LogP contribution in [-0.4, -0.2) is 27.1 Å². The highest BCUT2D eigenvalue weighted by Crippen LogP contribution is 2.33. The number of carboxylic acids is 1. The summed E-state index contributed by atoms with van der Waals surface area (Å²) in [6, 6.07) is 1.63. The minimum atomic E-state index is -0.876. The molecule has 5 nitrogen and oxygen atoms in total. The van der Waals surface area contributed by atoms with Crippen molar-refractivity contribution in [3.63, 3.8) is 0 Å². The zero-order valence-corrected chi connectivity index (χ0v) is 12.9. The number of carbonyl (C=O) groups excluding carboxylic acids is 1. The fraction of sp³-hybridized carbons (Fsp3) is 0.600. The van der Waals surface area contributed by atoms with Crippen LogP contribution in [0.5, 0.6) is 0 Å². The largest absolute Gasteiger partial charge is 0.481 e. The molecule has 116 valence electrons. The van der Waals surface area contributed by atoms with Crippen LogP contribution < -0.4 is 5.32 Å². The maximum absolute atomic E-state index is 12.5. The Morgan fingerprint density at radius 1 is 1.43 bits per heavy atom. The van der Waals surface area contributed by atoms with Gasteiger partial charge in [0.2, 0.25) is 0 Å². The maximum atomic E-state index is 12.5. The Balaban J connectivity index is 2.17. The van der Waals surface area contributed by atoms with Crippen molar-refractivity contribution < 1.29 is 14.7 Å². The second kappa shape index (κ2) is 6.52. The van der Waals surface area contributed by atoms with Gasteiger partial charge in [0.25, 0.3) is 5.91 Å². The molecule has 1 saturated carbocycles. The van der Waals surface area contributed by atoms with E-state index in [-0.39, 0.29) is 12.3 Å². The molecule has 0 aliphatic heterocycles. The molecular formula is C15H21ClN2O3. The highest BCUT2D eigenvalue weighted by atomic mass is 35.5. The minimum absolute atomic E-state index is 0.0268. The Morgan fingerprint density at radius 3 is 2.67 bits per heavy atom. The number of aryl methyl sites for hydroxylation is 1. The molecule has 21 heavy (non-hydrogen) atoms. The number of hydrogen-bond donors (Lipinski definition) is 2. The average Bonchev–Trinajstić information content (AvgIpc) is 2.96. The number of carboxylic acid groups (broad SMARTS) is 1. The van der Waals surface area contributed by atoms with Gasteiger partial charge in [0, 0.05) is 12.7 Å². The monoisotopic (exact) mass is 312 g/mol. The van der Waals surface area contributed by atoms with Gasteiger partial charge in [0.1, 0.15) is 5.69 Å². The van der Waals surface area contributed by atoms with Crippen molar-refractivity contribution in [3.8, 4) is 0 Å². The molecule has 1 fully saturated rings. The van der Waals surface area contributed by atoms with E-state index in [1.807, 2.05) is 11.5 Å². The van der Waals surface area contributed by atoms with Gasteiger partial charge >= 0.3 is 5.97 Å². The fourth-order valence-corrected chi connectivity index (χ4v) is 3.30. The molecule has 0 bridgehead atoms. The predicted molar refractivity (Wildman–Crippen MR) is 80.7 cm³/mol. The Morgan fingerprint density at radius 2 is 2.10 bits per heavy atom. The first-order valence-electron chi connectivity index (χ1n) is 7.36. The summed E-state index contributed by atoms with van der Waals surface area (Å²) < 4.78 is 1.82. The first-order chi connectivity index (χ1) is 9.96. The molecule has 1 amide bonds. The van der Waals surface area contributed by atoms with Gasteiger partial charge in [-0.15, -0.1) is 0 Å². The van der Waals surface area contributed by atoms with Crippen LogP contribution in [-0.2, 0) is 11.3 Å². The lowest BCUT2D eigenvalue weighted by molar-refractivity contribution is -0.138. The van der Waals surface area contributed by atoms with Crippen molar-refractivity contribution in [1.82, 2.24) is 9.88 Å². The molecule has 1 aromatic heterocycles. The molecule has 1 heterocycles. The standard InChI is InChI=1S/C15H21ClN2O3/c1-2-7-18-10-11(16)8-12(18)14(21)17-15(9-13(19)20)5-3-4-6-15/h8,10H,2-7,9H2,1H3,(H,17,21)(H,19,20). The number of halogens is 1. The fourth-order valence-electron chi connectivity index (χ4n) is 3.08. The molecule has 0 aromatic carbocycles. The number of nitrogens with one attached hydrogen (secondary N) is 1. The predicted octanol–water partition coefficient (Wildman–Crippen LogP) is 3.07. The Kier molecular flexibility index (Phi) is 4.93. The highest BCUT2D eigenvalue weighted by Gasteiger charge is 2.38. The van der Waals surface area contributed by atoms with E-state index in [1.54, 1.807) is 12.3 Å². The third kappa shape index (κ3) is 3.79. The van der Waals surface area contributed by atoms with E-state index in [1.165, 1.54) is 0 Å². The van der Waals surface area contributed by atoms with Crippen LogP contribution in [0.1, 0.15) is 55.9 Å². The van der Waals surface area contributed by atoms with E-state index in [2.05, 4.69) is 5.32 Å². The topological polar surface area (TPSA) is 71.3 Å². The Labute approximate surface area is 129 Å². The number of carbonyl (C=O) groups is 2. The molecule has 2 rings (SSSR count). The summed E-state index contributed by atoms with van der Waals surface area (Å²) in [5.74, 6) is -1.11. The number of aromatic nitrogens is 1. The molecule has 0 spiro atoms. The van der Waals surface area contributed by atoms with Gasteiger partial charge in [-0.2, -0.15) is 0 Å². The number of rotatable bonds is 6. The summed E-state index contributed by atoms with van der Waals surface area (Å²) in [6.07, 6.45) is 5.93. The van der Waals surface area contributed by atoms with Crippen LogP contribution in [0.15, 0.2) is 12.3 Å². The van der Waals surface area contributed by atoms with Gasteiger partial charge in [-0.3, -0.25) is 9.59 Å². The number of amides is 1. The molecule has 0 atom stereocenters. The van der Waals surface area contributed by atoms with Crippen LogP contribution in [0, 0.1) is 0 Å². The van der Waals surface area contributed by atoms with E-state index in [0.29, 0.717) is 30.1 Å². The maximum Gasteiger partial charge on any atom is 0.305 e. The smallest absolute Gasteiger partial charge is 0.305 e. The van der Waals surface area contributed by atoms with Gasteiger partial charge in [0.05, 0.1) is 17.0 Å². The van der Waals surface area contributed by atoms with Crippen molar-refractivity contribution in [3.05, 3.63) is 23.0 Å². The molecule has 0 unspecified atom stereocenters. The van der Waals surface area contributed by atoms with Crippen molar-refractivity contribution >= 4 is 23.5 Å². The van der Waals surface area contributed by atoms with Crippen LogP contribution in [0.25, 0.3) is 0 Å². The highest BCUT2D eigenvalue weighted by molar-refractivity contribution is 6.31. The number of nitrogens with zero attached hydrogens (tertiary/aromatic N) is 1. The van der Waals surface area contributed by atoms with Crippen molar-refractivity contribution in [2.24, 2.45) is 0 Å². The van der Waals surface area contributed by atoms with Crippen molar-refractivity contribution in [2.75, 3.05) is 0 Å². The summed E-state index contributed by atoms with van der Waals surface area (Å²) in [5, 5.41) is 12.6. The van der Waals surface area contributed by atoms with Crippen LogP contribution in [0.2, 0.25) is 5.02 Å². The van der Waals surface area contributed by atoms with Crippen LogP contribution in [0.3, 0.4) is 0 Å². The van der Waals surface area contributed by atoms with Gasteiger partial charge in [-0.25, -0.2) is 0 Å². The second-order valence-electron chi connectivity index (χ2n) is 5.75. The minimum Gasteiger partial charge on any atom is -0.481 e. The van der Waals surface area contributed by atoms with E-state index in [9.17, 15) is 9.59 Å². The summed E-state index contributed by atoms with van der Waals surface area (Å²) in [6.45, 7) is 2.74. The molecule has 0 saturated heterocycles. The quantitative estimate of drug-likeness (QED) is 0.848. The zero-order chi connectivity index (χ0) is 15.5. The molecule has 1 aliphatic carbocycles. The first-order valence-corrected chi connectivity index (χ1v) is 7.73. The third-order valence-electron chi connectivity index (χ3n) is 3.99.